The number of H-pyrrole nitrogens is 1. The molecule has 7 nitrogen and oxygen atoms in total. The monoisotopic (exact) mass is 460 g/mol. The topological polar surface area (TPSA) is 85.5 Å². The minimum Gasteiger partial charge on any atom is -0.369 e. The van der Waals surface area contributed by atoms with Gasteiger partial charge in [-0.15, -0.1) is 0 Å². The van der Waals surface area contributed by atoms with Crippen molar-refractivity contribution in [3.63, 3.8) is 0 Å². The van der Waals surface area contributed by atoms with Crippen molar-refractivity contribution < 1.29 is 8.42 Å². The van der Waals surface area contributed by atoms with E-state index in [4.69, 9.17) is 11.6 Å². The van der Waals surface area contributed by atoms with Crippen molar-refractivity contribution in [3.8, 4) is 0 Å². The molecule has 2 heterocycles. The van der Waals surface area contributed by atoms with Crippen molar-refractivity contribution in [2.24, 2.45) is 0 Å². The second kappa shape index (κ2) is 9.00. The number of aromatic nitrogens is 1. The second-order valence-corrected chi connectivity index (χ2v) is 9.93. The minimum atomic E-state index is -3.62. The maximum absolute atomic E-state index is 12.7. The van der Waals surface area contributed by atoms with Crippen LogP contribution in [0.25, 0.3) is 10.9 Å². The number of piperazine rings is 1. The number of hydrogen-bond acceptors (Lipinski definition) is 5. The van der Waals surface area contributed by atoms with Crippen molar-refractivity contribution in [1.29, 1.82) is 0 Å². The van der Waals surface area contributed by atoms with Crippen LogP contribution in [0.4, 0.5) is 5.69 Å². The highest BCUT2D eigenvalue weighted by Gasteiger charge is 2.20. The Labute approximate surface area is 186 Å². The van der Waals surface area contributed by atoms with E-state index < -0.39 is 10.0 Å². The fourth-order valence-electron chi connectivity index (χ4n) is 3.86. The first-order valence-electron chi connectivity index (χ1n) is 10.2. The summed E-state index contributed by atoms with van der Waals surface area (Å²) in [6.45, 7) is 6.52. The lowest BCUT2D eigenvalue weighted by Gasteiger charge is -2.36. The van der Waals surface area contributed by atoms with Gasteiger partial charge in [0.1, 0.15) is 0 Å². The predicted octanol–water partition coefficient (Wildman–Crippen LogP) is 2.59. The number of halogens is 1. The molecule has 1 aromatic heterocycles. The van der Waals surface area contributed by atoms with Crippen LogP contribution in [-0.4, -0.2) is 57.6 Å². The van der Waals surface area contributed by atoms with Crippen molar-refractivity contribution >= 4 is 38.2 Å². The Morgan fingerprint density at radius 3 is 2.58 bits per heavy atom. The van der Waals surface area contributed by atoms with Crippen molar-refractivity contribution in [1.82, 2.24) is 14.6 Å². The zero-order valence-electron chi connectivity index (χ0n) is 17.3. The van der Waals surface area contributed by atoms with E-state index in [0.717, 1.165) is 36.9 Å². The number of aryl methyl sites for hydroxylation is 1. The maximum Gasteiger partial charge on any atom is 0.248 e. The number of sulfonamides is 1. The molecule has 0 atom stereocenters. The zero-order valence-corrected chi connectivity index (χ0v) is 18.8. The first-order chi connectivity index (χ1) is 14.8. The van der Waals surface area contributed by atoms with Crippen LogP contribution in [0, 0.1) is 6.92 Å². The Bertz CT molecular complexity index is 1250. The normalized spacial score (nSPS) is 15.5. The van der Waals surface area contributed by atoms with E-state index in [0.29, 0.717) is 24.0 Å². The summed E-state index contributed by atoms with van der Waals surface area (Å²) in [5.41, 5.74) is 2.75. The van der Waals surface area contributed by atoms with E-state index in [-0.39, 0.29) is 10.5 Å². The molecule has 0 bridgehead atoms. The first kappa shape index (κ1) is 21.8. The van der Waals surface area contributed by atoms with Gasteiger partial charge in [-0.3, -0.25) is 9.69 Å². The third kappa shape index (κ3) is 5.10. The maximum atomic E-state index is 12.7. The van der Waals surface area contributed by atoms with Crippen LogP contribution < -0.4 is 15.2 Å². The summed E-state index contributed by atoms with van der Waals surface area (Å²) in [5, 5.41) is 1.41. The van der Waals surface area contributed by atoms with Gasteiger partial charge in [-0.1, -0.05) is 17.7 Å². The molecule has 2 N–H and O–H groups in total. The first-order valence-corrected chi connectivity index (χ1v) is 12.0. The quantitative estimate of drug-likeness (QED) is 0.590. The van der Waals surface area contributed by atoms with Gasteiger partial charge in [0.2, 0.25) is 15.6 Å². The zero-order chi connectivity index (χ0) is 22.0. The summed E-state index contributed by atoms with van der Waals surface area (Å²) in [4.78, 5) is 18.8. The van der Waals surface area contributed by atoms with E-state index in [1.165, 1.54) is 17.7 Å². The van der Waals surface area contributed by atoms with E-state index >= 15 is 0 Å². The van der Waals surface area contributed by atoms with E-state index in [1.807, 2.05) is 18.2 Å². The molecular formula is C22H25ClN4O3S. The number of pyridine rings is 1. The van der Waals surface area contributed by atoms with Gasteiger partial charge in [0.05, 0.1) is 4.90 Å². The summed E-state index contributed by atoms with van der Waals surface area (Å²) in [5.74, 6) is 0. The van der Waals surface area contributed by atoms with Gasteiger partial charge in [-0.25, -0.2) is 13.1 Å². The highest BCUT2D eigenvalue weighted by molar-refractivity contribution is 7.89. The largest absolute Gasteiger partial charge is 0.369 e. The van der Waals surface area contributed by atoms with Crippen LogP contribution in [0.5, 0.6) is 0 Å². The molecule has 0 amide bonds. The number of hydrogen-bond donors (Lipinski definition) is 2. The molecule has 4 rings (SSSR count). The van der Waals surface area contributed by atoms with Crippen molar-refractivity contribution in [2.45, 2.75) is 11.8 Å². The Balaban J connectivity index is 1.32. The SMILES string of the molecule is Cc1ccc(Cl)cc1N1CCN(CCNS(=O)(=O)c2ccc3[nH]c(=O)ccc3c2)CC1. The van der Waals surface area contributed by atoms with Crippen LogP contribution in [0.1, 0.15) is 5.56 Å². The van der Waals surface area contributed by atoms with Gasteiger partial charge in [-0.05, 0) is 54.3 Å². The smallest absolute Gasteiger partial charge is 0.248 e. The summed E-state index contributed by atoms with van der Waals surface area (Å²) >= 11 is 6.15. The Morgan fingerprint density at radius 2 is 1.81 bits per heavy atom. The molecular weight excluding hydrogens is 436 g/mol. The summed E-state index contributed by atoms with van der Waals surface area (Å²) in [7, 11) is -3.62. The minimum absolute atomic E-state index is 0.188. The summed E-state index contributed by atoms with van der Waals surface area (Å²) < 4.78 is 28.0. The molecule has 3 aromatic rings. The van der Waals surface area contributed by atoms with Gasteiger partial charge in [0.25, 0.3) is 0 Å². The van der Waals surface area contributed by atoms with Crippen LogP contribution in [0.3, 0.4) is 0 Å². The number of aromatic amines is 1. The molecule has 0 spiro atoms. The number of benzene rings is 2. The molecule has 1 aliphatic rings. The highest BCUT2D eigenvalue weighted by Crippen LogP contribution is 2.25. The lowest BCUT2D eigenvalue weighted by atomic mass is 10.1. The average molecular weight is 461 g/mol. The molecule has 31 heavy (non-hydrogen) atoms. The van der Waals surface area contributed by atoms with Gasteiger partial charge in [0.15, 0.2) is 0 Å². The molecule has 0 radical (unpaired) electrons. The van der Waals surface area contributed by atoms with E-state index in [1.54, 1.807) is 18.2 Å². The number of fused-ring (bicyclic) bond motifs is 1. The van der Waals surface area contributed by atoms with Crippen molar-refractivity contribution in [2.75, 3.05) is 44.2 Å². The average Bonchev–Trinajstić information content (AvgIpc) is 2.75. The van der Waals surface area contributed by atoms with Crippen LogP contribution >= 0.6 is 11.6 Å². The predicted molar refractivity (Wildman–Crippen MR) is 125 cm³/mol. The molecule has 0 saturated carbocycles. The van der Waals surface area contributed by atoms with Gasteiger partial charge in [-0.2, -0.15) is 0 Å². The summed E-state index contributed by atoms with van der Waals surface area (Å²) in [6.07, 6.45) is 0. The van der Waals surface area contributed by atoms with E-state index in [2.05, 4.69) is 26.4 Å². The molecule has 1 saturated heterocycles. The Hall–Kier alpha value is -2.39. The Kier molecular flexibility index (Phi) is 6.34. The highest BCUT2D eigenvalue weighted by atomic mass is 35.5. The van der Waals surface area contributed by atoms with Crippen LogP contribution in [0.15, 0.2) is 58.2 Å². The van der Waals surface area contributed by atoms with E-state index in [9.17, 15) is 13.2 Å². The number of anilines is 1. The number of nitrogens with zero attached hydrogens (tertiary/aromatic N) is 2. The molecule has 9 heteroatoms. The molecule has 164 valence electrons. The molecule has 2 aromatic carbocycles. The second-order valence-electron chi connectivity index (χ2n) is 7.73. The molecule has 0 aliphatic carbocycles. The van der Waals surface area contributed by atoms with Gasteiger partial charge in [0, 0.05) is 61.6 Å². The molecule has 1 fully saturated rings. The number of nitrogens with one attached hydrogen (secondary N) is 2. The molecule has 1 aliphatic heterocycles. The number of rotatable bonds is 6. The lowest BCUT2D eigenvalue weighted by Crippen LogP contribution is -2.48. The lowest BCUT2D eigenvalue weighted by molar-refractivity contribution is 0.262. The van der Waals surface area contributed by atoms with Gasteiger partial charge >= 0.3 is 0 Å². The third-order valence-electron chi connectivity index (χ3n) is 5.61. The fraction of sp³-hybridized carbons (Fsp3) is 0.318. The summed E-state index contributed by atoms with van der Waals surface area (Å²) in [6, 6.07) is 13.6. The van der Waals surface area contributed by atoms with Crippen LogP contribution in [0.2, 0.25) is 5.02 Å². The fourth-order valence-corrected chi connectivity index (χ4v) is 5.08. The molecule has 0 unspecified atom stereocenters. The van der Waals surface area contributed by atoms with Crippen molar-refractivity contribution in [3.05, 3.63) is 69.5 Å². The Morgan fingerprint density at radius 1 is 1.03 bits per heavy atom. The van der Waals surface area contributed by atoms with Crippen LogP contribution in [-0.2, 0) is 10.0 Å². The van der Waals surface area contributed by atoms with Gasteiger partial charge < -0.3 is 9.88 Å². The standard InChI is InChI=1S/C22H25ClN4O3S/c1-16-2-4-18(23)15-21(16)27-12-10-26(11-13-27)9-8-24-31(29,30)19-5-6-20-17(14-19)3-7-22(28)25-20/h2-7,14-15,24H,8-13H2,1H3,(H,25,28). The third-order valence-corrected chi connectivity index (χ3v) is 7.30.